The number of esters is 1. The summed E-state index contributed by atoms with van der Waals surface area (Å²) >= 11 is 5.95. The van der Waals surface area contributed by atoms with E-state index in [0.717, 1.165) is 4.68 Å². The Morgan fingerprint density at radius 1 is 1.45 bits per heavy atom. The van der Waals surface area contributed by atoms with Gasteiger partial charge in [-0.05, 0) is 32.0 Å². The molecule has 0 aliphatic heterocycles. The van der Waals surface area contributed by atoms with Gasteiger partial charge >= 0.3 is 5.97 Å². The predicted molar refractivity (Wildman–Crippen MR) is 79.7 cm³/mol. The highest BCUT2D eigenvalue weighted by Gasteiger charge is 2.17. The van der Waals surface area contributed by atoms with E-state index in [2.05, 4.69) is 5.10 Å². The molecular formula is C15H14ClFN2O3. The third-order valence-corrected chi connectivity index (χ3v) is 3.32. The van der Waals surface area contributed by atoms with E-state index in [0.29, 0.717) is 5.69 Å². The number of aryl methyl sites for hydroxylation is 1. The highest BCUT2D eigenvalue weighted by Crippen LogP contribution is 2.19. The molecule has 1 aromatic heterocycles. The lowest BCUT2D eigenvalue weighted by molar-refractivity contribution is 0.0523. The van der Waals surface area contributed by atoms with Gasteiger partial charge in [-0.3, -0.25) is 4.79 Å². The number of rotatable bonds is 4. The summed E-state index contributed by atoms with van der Waals surface area (Å²) in [6.07, 6.45) is 0. The Kier molecular flexibility index (Phi) is 4.92. The first kappa shape index (κ1) is 16.2. The van der Waals surface area contributed by atoms with Crippen LogP contribution in [0.1, 0.15) is 28.5 Å². The summed E-state index contributed by atoms with van der Waals surface area (Å²) in [4.78, 5) is 24.1. The van der Waals surface area contributed by atoms with E-state index in [1.54, 1.807) is 13.8 Å². The lowest BCUT2D eigenvalue weighted by Crippen LogP contribution is -2.30. The molecule has 0 atom stereocenters. The van der Waals surface area contributed by atoms with Crippen LogP contribution < -0.4 is 5.56 Å². The summed E-state index contributed by atoms with van der Waals surface area (Å²) < 4.78 is 19.7. The molecule has 116 valence electrons. The van der Waals surface area contributed by atoms with Gasteiger partial charge in [-0.1, -0.05) is 17.7 Å². The van der Waals surface area contributed by atoms with Gasteiger partial charge < -0.3 is 4.74 Å². The minimum atomic E-state index is -0.730. The molecule has 0 aliphatic rings. The molecule has 5 nitrogen and oxygen atoms in total. The predicted octanol–water partition coefficient (Wildman–Crippen LogP) is 2.57. The second kappa shape index (κ2) is 6.70. The van der Waals surface area contributed by atoms with Crippen LogP contribution >= 0.6 is 11.6 Å². The number of carbonyl (C=O) groups excluding carboxylic acids is 1. The van der Waals surface area contributed by atoms with Crippen LogP contribution in [0, 0.1) is 12.7 Å². The van der Waals surface area contributed by atoms with Crippen LogP contribution in [0.4, 0.5) is 4.39 Å². The third-order valence-electron chi connectivity index (χ3n) is 2.96. The minimum Gasteiger partial charge on any atom is -0.462 e. The number of aromatic nitrogens is 2. The van der Waals surface area contributed by atoms with Crippen LogP contribution in [0.15, 0.2) is 29.1 Å². The quantitative estimate of drug-likeness (QED) is 0.811. The molecule has 7 heteroatoms. The van der Waals surface area contributed by atoms with Crippen molar-refractivity contribution in [2.45, 2.75) is 20.4 Å². The first-order chi connectivity index (χ1) is 10.4. The molecule has 0 saturated heterocycles. The van der Waals surface area contributed by atoms with Crippen LogP contribution in [0.3, 0.4) is 0 Å². The molecule has 0 amide bonds. The Labute approximate surface area is 131 Å². The highest BCUT2D eigenvalue weighted by atomic mass is 35.5. The van der Waals surface area contributed by atoms with Gasteiger partial charge in [0, 0.05) is 10.6 Å². The van der Waals surface area contributed by atoms with Crippen LogP contribution in [0.5, 0.6) is 0 Å². The Balaban J connectivity index is 2.48. The van der Waals surface area contributed by atoms with Gasteiger partial charge in [0.25, 0.3) is 5.56 Å². The van der Waals surface area contributed by atoms with Gasteiger partial charge in [0.2, 0.25) is 0 Å². The molecule has 0 unspecified atom stereocenters. The van der Waals surface area contributed by atoms with Crippen LogP contribution in [0.25, 0.3) is 0 Å². The largest absolute Gasteiger partial charge is 0.462 e. The van der Waals surface area contributed by atoms with E-state index >= 15 is 0 Å². The molecule has 0 aliphatic carbocycles. The molecular weight excluding hydrogens is 311 g/mol. The number of hydrogen-bond donors (Lipinski definition) is 0. The Morgan fingerprint density at radius 2 is 2.18 bits per heavy atom. The van der Waals surface area contributed by atoms with E-state index in [1.165, 1.54) is 24.3 Å². The van der Waals surface area contributed by atoms with Crippen molar-refractivity contribution in [3.05, 3.63) is 62.3 Å². The fourth-order valence-corrected chi connectivity index (χ4v) is 2.19. The first-order valence-electron chi connectivity index (χ1n) is 6.62. The van der Waals surface area contributed by atoms with Crippen molar-refractivity contribution in [3.8, 4) is 0 Å². The summed E-state index contributed by atoms with van der Waals surface area (Å²) in [5.41, 5.74) is -0.209. The average Bonchev–Trinajstić information content (AvgIpc) is 2.46. The van der Waals surface area contributed by atoms with Gasteiger partial charge in [-0.15, -0.1) is 0 Å². The van der Waals surface area contributed by atoms with E-state index in [-0.39, 0.29) is 29.3 Å². The fraction of sp³-hybridized carbons (Fsp3) is 0.267. The standard InChI is InChI=1S/C15H14ClFN2O3/c1-3-22-15(21)10-7-9(2)18-19(14(10)20)8-11-12(16)5-4-6-13(11)17/h4-7H,3,8H2,1-2H3. The molecule has 0 radical (unpaired) electrons. The molecule has 0 bridgehead atoms. The zero-order chi connectivity index (χ0) is 16.3. The van der Waals surface area contributed by atoms with Crippen molar-refractivity contribution in [1.82, 2.24) is 9.78 Å². The van der Waals surface area contributed by atoms with Crippen molar-refractivity contribution >= 4 is 17.6 Å². The second-order valence-electron chi connectivity index (χ2n) is 4.58. The number of nitrogens with zero attached hydrogens (tertiary/aromatic N) is 2. The van der Waals surface area contributed by atoms with Gasteiger partial charge in [0.05, 0.1) is 18.8 Å². The highest BCUT2D eigenvalue weighted by molar-refractivity contribution is 6.31. The summed E-state index contributed by atoms with van der Waals surface area (Å²) in [6, 6.07) is 5.58. The van der Waals surface area contributed by atoms with Crippen molar-refractivity contribution in [2.24, 2.45) is 0 Å². The van der Waals surface area contributed by atoms with Crippen LogP contribution in [0.2, 0.25) is 5.02 Å². The number of halogens is 2. The lowest BCUT2D eigenvalue weighted by atomic mass is 10.2. The van der Waals surface area contributed by atoms with Crippen LogP contribution in [-0.4, -0.2) is 22.4 Å². The Hall–Kier alpha value is -2.21. The maximum Gasteiger partial charge on any atom is 0.343 e. The summed E-state index contributed by atoms with van der Waals surface area (Å²) in [7, 11) is 0. The first-order valence-corrected chi connectivity index (χ1v) is 7.00. The zero-order valence-electron chi connectivity index (χ0n) is 12.1. The number of hydrogen-bond acceptors (Lipinski definition) is 4. The molecule has 1 aromatic carbocycles. The van der Waals surface area contributed by atoms with E-state index in [1.807, 2.05) is 0 Å². The van der Waals surface area contributed by atoms with Gasteiger partial charge in [0.15, 0.2) is 0 Å². The van der Waals surface area contributed by atoms with Crippen LogP contribution in [-0.2, 0) is 11.3 Å². The Bertz CT molecular complexity index is 754. The maximum atomic E-state index is 13.8. The maximum absolute atomic E-state index is 13.8. The smallest absolute Gasteiger partial charge is 0.343 e. The zero-order valence-corrected chi connectivity index (χ0v) is 12.9. The molecule has 1 heterocycles. The number of benzene rings is 1. The molecule has 22 heavy (non-hydrogen) atoms. The second-order valence-corrected chi connectivity index (χ2v) is 4.99. The molecule has 0 spiro atoms. The van der Waals surface area contributed by atoms with Crippen molar-refractivity contribution in [3.63, 3.8) is 0 Å². The lowest BCUT2D eigenvalue weighted by Gasteiger charge is -2.10. The molecule has 2 aromatic rings. The van der Waals surface area contributed by atoms with E-state index in [9.17, 15) is 14.0 Å². The molecule has 0 saturated carbocycles. The number of carbonyl (C=O) groups is 1. The average molecular weight is 325 g/mol. The molecule has 0 N–H and O–H groups in total. The van der Waals surface area contributed by atoms with E-state index < -0.39 is 17.3 Å². The SMILES string of the molecule is CCOC(=O)c1cc(C)nn(Cc2c(F)cccc2Cl)c1=O. The monoisotopic (exact) mass is 324 g/mol. The molecule has 0 fully saturated rings. The molecule has 2 rings (SSSR count). The summed E-state index contributed by atoms with van der Waals surface area (Å²) in [5.74, 6) is -1.27. The third kappa shape index (κ3) is 3.33. The van der Waals surface area contributed by atoms with Crippen molar-refractivity contribution in [1.29, 1.82) is 0 Å². The van der Waals surface area contributed by atoms with Gasteiger partial charge in [-0.25, -0.2) is 13.9 Å². The minimum absolute atomic E-state index is 0.137. The topological polar surface area (TPSA) is 61.2 Å². The van der Waals surface area contributed by atoms with Gasteiger partial charge in [-0.2, -0.15) is 5.10 Å². The van der Waals surface area contributed by atoms with Gasteiger partial charge in [0.1, 0.15) is 11.4 Å². The normalized spacial score (nSPS) is 10.5. The van der Waals surface area contributed by atoms with E-state index in [4.69, 9.17) is 16.3 Å². The fourth-order valence-electron chi connectivity index (χ4n) is 1.97. The van der Waals surface area contributed by atoms with Crippen molar-refractivity contribution < 1.29 is 13.9 Å². The summed E-state index contributed by atoms with van der Waals surface area (Å²) in [6.45, 7) is 3.25. The van der Waals surface area contributed by atoms with Crippen molar-refractivity contribution in [2.75, 3.05) is 6.61 Å². The number of ether oxygens (including phenoxy) is 1. The Morgan fingerprint density at radius 3 is 2.82 bits per heavy atom. The summed E-state index contributed by atoms with van der Waals surface area (Å²) in [5, 5.41) is 4.21.